The van der Waals surface area contributed by atoms with Crippen LogP contribution in [0, 0.1) is 5.92 Å². The summed E-state index contributed by atoms with van der Waals surface area (Å²) in [7, 11) is 0. The number of hydrogen-bond donors (Lipinski definition) is 1. The van der Waals surface area contributed by atoms with Crippen molar-refractivity contribution < 1.29 is 0 Å². The molecule has 1 saturated heterocycles. The lowest BCUT2D eigenvalue weighted by Gasteiger charge is -2.48. The molecular formula is C18H38N2. The third-order valence-corrected chi connectivity index (χ3v) is 5.27. The first-order valence-corrected chi connectivity index (χ1v) is 9.03. The Bertz CT molecular complexity index is 246. The summed E-state index contributed by atoms with van der Waals surface area (Å²) in [6, 6.07) is 0.648. The highest BCUT2D eigenvalue weighted by atomic mass is 15.2. The number of piperidine rings is 1. The average molecular weight is 283 g/mol. The summed E-state index contributed by atoms with van der Waals surface area (Å²) >= 11 is 0. The minimum Gasteiger partial charge on any atom is -0.312 e. The molecule has 0 aliphatic carbocycles. The second-order valence-corrected chi connectivity index (χ2v) is 7.19. The van der Waals surface area contributed by atoms with E-state index in [4.69, 9.17) is 0 Å². The molecule has 1 aliphatic heterocycles. The van der Waals surface area contributed by atoms with E-state index in [1.165, 1.54) is 58.0 Å². The van der Waals surface area contributed by atoms with Crippen molar-refractivity contribution >= 4 is 0 Å². The summed E-state index contributed by atoms with van der Waals surface area (Å²) < 4.78 is 0. The largest absolute Gasteiger partial charge is 0.312 e. The van der Waals surface area contributed by atoms with Crippen LogP contribution in [0.2, 0.25) is 0 Å². The molecule has 1 N–H and O–H groups in total. The maximum atomic E-state index is 3.80. The maximum Gasteiger partial charge on any atom is 0.0331 e. The smallest absolute Gasteiger partial charge is 0.0331 e. The number of nitrogens with one attached hydrogen (secondary N) is 1. The quantitative estimate of drug-likeness (QED) is 0.672. The van der Waals surface area contributed by atoms with E-state index in [-0.39, 0.29) is 0 Å². The Labute approximate surface area is 127 Å². The van der Waals surface area contributed by atoms with Gasteiger partial charge in [-0.05, 0) is 58.2 Å². The van der Waals surface area contributed by atoms with Gasteiger partial charge in [-0.1, -0.05) is 47.0 Å². The highest BCUT2D eigenvalue weighted by molar-refractivity contribution is 4.97. The fraction of sp³-hybridized carbons (Fsp3) is 1.00. The molecule has 1 rings (SSSR count). The predicted octanol–water partition coefficient (Wildman–Crippen LogP) is 4.45. The van der Waals surface area contributed by atoms with Gasteiger partial charge in [0.05, 0.1) is 0 Å². The van der Waals surface area contributed by atoms with Gasteiger partial charge in [0.1, 0.15) is 0 Å². The summed E-state index contributed by atoms with van der Waals surface area (Å²) in [5.41, 5.74) is 0.341. The SMILES string of the molecule is CCNC(CCCC(C)C)C(C)(CC)N1CCCCC1. The molecule has 2 heteroatoms. The van der Waals surface area contributed by atoms with Crippen LogP contribution in [-0.2, 0) is 0 Å². The van der Waals surface area contributed by atoms with Crippen LogP contribution in [-0.4, -0.2) is 36.1 Å². The lowest BCUT2D eigenvalue weighted by atomic mass is 9.82. The Kier molecular flexibility index (Phi) is 8.13. The van der Waals surface area contributed by atoms with Crippen LogP contribution in [0.15, 0.2) is 0 Å². The number of likely N-dealkylation sites (tertiary alicyclic amines) is 1. The lowest BCUT2D eigenvalue weighted by Crippen LogP contribution is -2.60. The Morgan fingerprint density at radius 1 is 1.05 bits per heavy atom. The van der Waals surface area contributed by atoms with Gasteiger partial charge >= 0.3 is 0 Å². The zero-order chi connectivity index (χ0) is 15.0. The van der Waals surface area contributed by atoms with Gasteiger partial charge in [0.15, 0.2) is 0 Å². The first-order valence-electron chi connectivity index (χ1n) is 9.03. The van der Waals surface area contributed by atoms with Crippen molar-refractivity contribution in [1.29, 1.82) is 0 Å². The number of rotatable bonds is 9. The first-order chi connectivity index (χ1) is 9.54. The Hall–Kier alpha value is -0.0800. The third-order valence-electron chi connectivity index (χ3n) is 5.27. The Morgan fingerprint density at radius 2 is 1.70 bits per heavy atom. The molecule has 2 unspecified atom stereocenters. The Morgan fingerprint density at radius 3 is 2.20 bits per heavy atom. The second-order valence-electron chi connectivity index (χ2n) is 7.19. The molecule has 2 atom stereocenters. The molecule has 0 amide bonds. The normalized spacial score (nSPS) is 21.9. The lowest BCUT2D eigenvalue weighted by molar-refractivity contribution is 0.0397. The van der Waals surface area contributed by atoms with E-state index in [0.717, 1.165) is 12.5 Å². The van der Waals surface area contributed by atoms with Crippen LogP contribution in [0.4, 0.5) is 0 Å². The van der Waals surface area contributed by atoms with Gasteiger partial charge in [0.25, 0.3) is 0 Å². The summed E-state index contributed by atoms with van der Waals surface area (Å²) in [5, 5.41) is 3.80. The van der Waals surface area contributed by atoms with E-state index in [9.17, 15) is 0 Å². The van der Waals surface area contributed by atoms with Gasteiger partial charge in [0, 0.05) is 11.6 Å². The van der Waals surface area contributed by atoms with Gasteiger partial charge in [-0.25, -0.2) is 0 Å². The summed E-state index contributed by atoms with van der Waals surface area (Å²) in [4.78, 5) is 2.78. The number of nitrogens with zero attached hydrogens (tertiary/aromatic N) is 1. The van der Waals surface area contributed by atoms with E-state index in [1.807, 2.05) is 0 Å². The zero-order valence-corrected chi connectivity index (χ0v) is 14.7. The van der Waals surface area contributed by atoms with Crippen LogP contribution in [0.25, 0.3) is 0 Å². The van der Waals surface area contributed by atoms with Crippen LogP contribution in [0.5, 0.6) is 0 Å². The maximum absolute atomic E-state index is 3.80. The average Bonchev–Trinajstić information content (AvgIpc) is 2.46. The van der Waals surface area contributed by atoms with Crippen LogP contribution < -0.4 is 5.32 Å². The molecule has 20 heavy (non-hydrogen) atoms. The van der Waals surface area contributed by atoms with Gasteiger partial charge < -0.3 is 5.32 Å². The van der Waals surface area contributed by atoms with Crippen molar-refractivity contribution in [1.82, 2.24) is 10.2 Å². The van der Waals surface area contributed by atoms with Gasteiger partial charge in [-0.3, -0.25) is 4.90 Å². The number of likely N-dealkylation sites (N-methyl/N-ethyl adjacent to an activating group) is 1. The molecule has 1 aliphatic rings. The molecule has 0 saturated carbocycles. The fourth-order valence-corrected chi connectivity index (χ4v) is 3.70. The molecule has 0 radical (unpaired) electrons. The van der Waals surface area contributed by atoms with Crippen molar-refractivity contribution in [2.24, 2.45) is 5.92 Å². The van der Waals surface area contributed by atoms with Crippen molar-refractivity contribution in [2.75, 3.05) is 19.6 Å². The molecule has 2 nitrogen and oxygen atoms in total. The van der Waals surface area contributed by atoms with Gasteiger partial charge in [-0.15, -0.1) is 0 Å². The molecular weight excluding hydrogens is 244 g/mol. The highest BCUT2D eigenvalue weighted by Crippen LogP contribution is 2.30. The summed E-state index contributed by atoms with van der Waals surface area (Å²) in [5.74, 6) is 0.833. The molecule has 1 fully saturated rings. The standard InChI is InChI=1S/C18H38N2/c1-6-18(5,20-14-9-8-10-15-20)17(19-7-2)13-11-12-16(3)4/h16-17,19H,6-15H2,1-5H3. The highest BCUT2D eigenvalue weighted by Gasteiger charge is 2.37. The topological polar surface area (TPSA) is 15.3 Å². The van der Waals surface area contributed by atoms with E-state index < -0.39 is 0 Å². The van der Waals surface area contributed by atoms with Gasteiger partial charge in [0.2, 0.25) is 0 Å². The van der Waals surface area contributed by atoms with Crippen molar-refractivity contribution in [2.45, 2.75) is 91.1 Å². The molecule has 0 spiro atoms. The van der Waals surface area contributed by atoms with Crippen LogP contribution in [0.1, 0.15) is 79.6 Å². The van der Waals surface area contributed by atoms with Crippen LogP contribution in [0.3, 0.4) is 0 Å². The van der Waals surface area contributed by atoms with E-state index in [1.54, 1.807) is 0 Å². The summed E-state index contributed by atoms with van der Waals surface area (Å²) in [6.07, 6.45) is 9.51. The second kappa shape index (κ2) is 9.04. The van der Waals surface area contributed by atoms with Crippen molar-refractivity contribution in [3.8, 4) is 0 Å². The van der Waals surface area contributed by atoms with Crippen molar-refractivity contribution in [3.63, 3.8) is 0 Å². The fourth-order valence-electron chi connectivity index (χ4n) is 3.70. The number of hydrogen-bond acceptors (Lipinski definition) is 2. The van der Waals surface area contributed by atoms with E-state index >= 15 is 0 Å². The van der Waals surface area contributed by atoms with Crippen LogP contribution >= 0.6 is 0 Å². The molecule has 120 valence electrons. The van der Waals surface area contributed by atoms with Crippen molar-refractivity contribution in [3.05, 3.63) is 0 Å². The molecule has 0 aromatic carbocycles. The first kappa shape index (κ1) is 18.0. The zero-order valence-electron chi connectivity index (χ0n) is 14.7. The molecule has 0 bridgehead atoms. The van der Waals surface area contributed by atoms with E-state index in [0.29, 0.717) is 11.6 Å². The summed E-state index contributed by atoms with van der Waals surface area (Å²) in [6.45, 7) is 15.5. The third kappa shape index (κ3) is 5.04. The monoisotopic (exact) mass is 282 g/mol. The minimum atomic E-state index is 0.341. The molecule has 1 heterocycles. The van der Waals surface area contributed by atoms with Gasteiger partial charge in [-0.2, -0.15) is 0 Å². The predicted molar refractivity (Wildman–Crippen MR) is 90.3 cm³/mol. The molecule has 0 aromatic heterocycles. The van der Waals surface area contributed by atoms with E-state index in [2.05, 4.69) is 44.8 Å². The minimum absolute atomic E-state index is 0.341. The molecule has 0 aromatic rings. The Balaban J connectivity index is 2.66.